The van der Waals surface area contributed by atoms with Crippen molar-refractivity contribution in [3.05, 3.63) is 34.7 Å². The smallest absolute Gasteiger partial charge is 0.362 e. The monoisotopic (exact) mass is 304 g/mol. The number of esters is 1. The van der Waals surface area contributed by atoms with Crippen LogP contribution in [0.2, 0.25) is 0 Å². The van der Waals surface area contributed by atoms with Gasteiger partial charge in [-0.3, -0.25) is 9.59 Å². The first-order valence-electron chi connectivity index (χ1n) is 6.75. The van der Waals surface area contributed by atoms with Gasteiger partial charge in [-0.2, -0.15) is 0 Å². The molecule has 2 N–H and O–H groups in total. The van der Waals surface area contributed by atoms with Gasteiger partial charge in [0.1, 0.15) is 12.0 Å². The number of para-hydroxylation sites is 1. The summed E-state index contributed by atoms with van der Waals surface area (Å²) in [6.45, 7) is 1.83. The summed E-state index contributed by atoms with van der Waals surface area (Å²) in [5.41, 5.74) is 0.111. The van der Waals surface area contributed by atoms with Crippen molar-refractivity contribution in [1.82, 2.24) is 0 Å². The second-order valence-corrected chi connectivity index (χ2v) is 4.42. The van der Waals surface area contributed by atoms with E-state index in [9.17, 15) is 14.4 Å². The van der Waals surface area contributed by atoms with E-state index in [1.165, 1.54) is 0 Å². The van der Waals surface area contributed by atoms with E-state index in [4.69, 9.17) is 9.15 Å². The lowest BCUT2D eigenvalue weighted by Gasteiger charge is -2.11. The molecule has 7 heteroatoms. The molecule has 22 heavy (non-hydrogen) atoms. The molecule has 0 radical (unpaired) electrons. The molecular formula is C15H16N2O5. The summed E-state index contributed by atoms with van der Waals surface area (Å²) in [5, 5.41) is 5.92. The van der Waals surface area contributed by atoms with E-state index in [0.717, 1.165) is 0 Å². The largest absolute Gasteiger partial charge is 0.466 e. The Balaban J connectivity index is 2.35. The second kappa shape index (κ2) is 6.75. The first-order valence-corrected chi connectivity index (χ1v) is 6.75. The summed E-state index contributed by atoms with van der Waals surface area (Å²) in [6, 6.07) is 6.93. The molecule has 0 saturated heterocycles. The van der Waals surface area contributed by atoms with Crippen LogP contribution in [0.25, 0.3) is 11.0 Å². The minimum Gasteiger partial charge on any atom is -0.466 e. The molecule has 1 heterocycles. The molecule has 0 atom stereocenters. The summed E-state index contributed by atoms with van der Waals surface area (Å²) in [7, 11) is 1.63. The molecule has 0 bridgehead atoms. The highest BCUT2D eigenvalue weighted by Crippen LogP contribution is 2.27. The molecule has 0 aliphatic heterocycles. The van der Waals surface area contributed by atoms with E-state index in [1.54, 1.807) is 38.2 Å². The fourth-order valence-corrected chi connectivity index (χ4v) is 2.05. The highest BCUT2D eigenvalue weighted by atomic mass is 16.5. The third-order valence-corrected chi connectivity index (χ3v) is 2.94. The maximum atomic E-state index is 12.0. The lowest BCUT2D eigenvalue weighted by molar-refractivity contribution is -0.145. The van der Waals surface area contributed by atoms with E-state index in [0.29, 0.717) is 16.7 Å². The molecule has 7 nitrogen and oxygen atoms in total. The molecule has 1 aromatic heterocycles. The quantitative estimate of drug-likeness (QED) is 0.496. The number of anilines is 2. The SMILES string of the molecule is CCOC(=O)CC(=O)Nc1c(NC)c2ccccc2oc1=O. The zero-order valence-electron chi connectivity index (χ0n) is 12.3. The summed E-state index contributed by atoms with van der Waals surface area (Å²) in [5.74, 6) is -1.30. The number of ether oxygens (including phenoxy) is 1. The van der Waals surface area contributed by atoms with Gasteiger partial charge in [0, 0.05) is 12.4 Å². The molecule has 1 amide bonds. The highest BCUT2D eigenvalue weighted by Gasteiger charge is 2.18. The number of benzene rings is 1. The minimum absolute atomic E-state index is 0.0319. The molecule has 0 saturated carbocycles. The Morgan fingerprint density at radius 1 is 1.23 bits per heavy atom. The molecule has 0 aliphatic rings. The number of nitrogens with one attached hydrogen (secondary N) is 2. The van der Waals surface area contributed by atoms with Crippen LogP contribution in [0.4, 0.5) is 11.4 Å². The van der Waals surface area contributed by atoms with E-state index in [1.807, 2.05) is 0 Å². The number of carbonyl (C=O) groups excluding carboxylic acids is 2. The normalized spacial score (nSPS) is 10.3. The zero-order chi connectivity index (χ0) is 16.1. The topological polar surface area (TPSA) is 97.6 Å². The van der Waals surface area contributed by atoms with E-state index in [2.05, 4.69) is 10.6 Å². The zero-order valence-corrected chi connectivity index (χ0v) is 12.3. The van der Waals surface area contributed by atoms with Gasteiger partial charge in [-0.25, -0.2) is 4.79 Å². The van der Waals surface area contributed by atoms with Crippen LogP contribution in [0, 0.1) is 0 Å². The molecule has 116 valence electrons. The fraction of sp³-hybridized carbons (Fsp3) is 0.267. The van der Waals surface area contributed by atoms with Gasteiger partial charge in [0.15, 0.2) is 5.69 Å². The highest BCUT2D eigenvalue weighted by molar-refractivity contribution is 6.06. The van der Waals surface area contributed by atoms with Crippen LogP contribution < -0.4 is 16.3 Å². The van der Waals surface area contributed by atoms with Gasteiger partial charge < -0.3 is 19.8 Å². The van der Waals surface area contributed by atoms with Gasteiger partial charge in [-0.15, -0.1) is 0 Å². The van der Waals surface area contributed by atoms with Gasteiger partial charge in [-0.05, 0) is 19.1 Å². The summed E-state index contributed by atoms with van der Waals surface area (Å²) in [6.07, 6.45) is -0.469. The Labute approximate surface area is 126 Å². The van der Waals surface area contributed by atoms with Crippen molar-refractivity contribution < 1.29 is 18.7 Å². The van der Waals surface area contributed by atoms with Crippen LogP contribution in [-0.4, -0.2) is 25.5 Å². The van der Waals surface area contributed by atoms with Crippen LogP contribution in [0.15, 0.2) is 33.5 Å². The number of fused-ring (bicyclic) bond motifs is 1. The van der Waals surface area contributed by atoms with Gasteiger partial charge in [-0.1, -0.05) is 12.1 Å². The van der Waals surface area contributed by atoms with Gasteiger partial charge >= 0.3 is 11.6 Å². The average Bonchev–Trinajstić information content (AvgIpc) is 2.48. The van der Waals surface area contributed by atoms with E-state index >= 15 is 0 Å². The summed E-state index contributed by atoms with van der Waals surface area (Å²) < 4.78 is 9.85. The Kier molecular flexibility index (Phi) is 4.77. The van der Waals surface area contributed by atoms with Crippen molar-refractivity contribution in [1.29, 1.82) is 0 Å². The minimum atomic E-state index is -0.694. The van der Waals surface area contributed by atoms with Crippen molar-refractivity contribution in [2.75, 3.05) is 24.3 Å². The Bertz CT molecular complexity index is 766. The van der Waals surface area contributed by atoms with Crippen LogP contribution in [-0.2, 0) is 14.3 Å². The summed E-state index contributed by atoms with van der Waals surface area (Å²) in [4.78, 5) is 35.2. The third kappa shape index (κ3) is 3.25. The standard InChI is InChI=1S/C15H16N2O5/c1-3-21-12(19)8-11(18)17-14-13(16-2)9-6-4-5-7-10(9)22-15(14)20/h4-7,16H,3,8H2,1-2H3,(H,17,18). The average molecular weight is 304 g/mol. The molecule has 2 aromatic rings. The molecule has 0 spiro atoms. The molecule has 0 aliphatic carbocycles. The number of rotatable bonds is 5. The lowest BCUT2D eigenvalue weighted by atomic mass is 10.2. The first kappa shape index (κ1) is 15.6. The molecule has 0 unspecified atom stereocenters. The Morgan fingerprint density at radius 2 is 1.95 bits per heavy atom. The van der Waals surface area contributed by atoms with Crippen LogP contribution in [0.1, 0.15) is 13.3 Å². The Hall–Kier alpha value is -2.83. The van der Waals surface area contributed by atoms with Crippen molar-refractivity contribution in [3.63, 3.8) is 0 Å². The van der Waals surface area contributed by atoms with Crippen LogP contribution in [0.3, 0.4) is 0 Å². The van der Waals surface area contributed by atoms with Crippen LogP contribution >= 0.6 is 0 Å². The van der Waals surface area contributed by atoms with Crippen molar-refractivity contribution in [3.8, 4) is 0 Å². The van der Waals surface area contributed by atoms with Crippen molar-refractivity contribution >= 4 is 34.2 Å². The van der Waals surface area contributed by atoms with E-state index in [-0.39, 0.29) is 12.3 Å². The lowest BCUT2D eigenvalue weighted by Crippen LogP contribution is -2.22. The maximum absolute atomic E-state index is 12.0. The van der Waals surface area contributed by atoms with Gasteiger partial charge in [0.2, 0.25) is 5.91 Å². The van der Waals surface area contributed by atoms with E-state index < -0.39 is 23.9 Å². The Morgan fingerprint density at radius 3 is 2.64 bits per heavy atom. The maximum Gasteiger partial charge on any atom is 0.362 e. The van der Waals surface area contributed by atoms with Crippen LogP contribution in [0.5, 0.6) is 0 Å². The number of carbonyl (C=O) groups is 2. The number of amides is 1. The van der Waals surface area contributed by atoms with Crippen molar-refractivity contribution in [2.24, 2.45) is 0 Å². The molecule has 0 fully saturated rings. The van der Waals surface area contributed by atoms with Gasteiger partial charge in [0.25, 0.3) is 0 Å². The van der Waals surface area contributed by atoms with Gasteiger partial charge in [0.05, 0.1) is 12.3 Å². The number of hydrogen-bond acceptors (Lipinski definition) is 6. The first-order chi connectivity index (χ1) is 10.6. The predicted octanol–water partition coefficient (Wildman–Crippen LogP) is 1.73. The predicted molar refractivity (Wildman–Crippen MR) is 81.9 cm³/mol. The van der Waals surface area contributed by atoms with Crippen molar-refractivity contribution in [2.45, 2.75) is 13.3 Å². The third-order valence-electron chi connectivity index (χ3n) is 2.94. The molecule has 2 rings (SSSR count). The molecular weight excluding hydrogens is 288 g/mol. The summed E-state index contributed by atoms with van der Waals surface area (Å²) >= 11 is 0. The fourth-order valence-electron chi connectivity index (χ4n) is 2.05. The number of hydrogen-bond donors (Lipinski definition) is 2. The molecule has 1 aromatic carbocycles. The second-order valence-electron chi connectivity index (χ2n) is 4.42.